The number of rotatable bonds is 3. The maximum Gasteiger partial charge on any atom is 0.231 e. The van der Waals surface area contributed by atoms with Crippen molar-refractivity contribution in [1.29, 1.82) is 0 Å². The first-order valence-corrected chi connectivity index (χ1v) is 6.14. The predicted octanol–water partition coefficient (Wildman–Crippen LogP) is 3.16. The second-order valence-electron chi connectivity index (χ2n) is 4.33. The Kier molecular flexibility index (Phi) is 3.21. The van der Waals surface area contributed by atoms with Crippen molar-refractivity contribution in [2.45, 2.75) is 6.10 Å². The van der Waals surface area contributed by atoms with Crippen LogP contribution in [-0.4, -0.2) is 11.9 Å². The molecule has 1 heterocycles. The van der Waals surface area contributed by atoms with Crippen molar-refractivity contribution in [3.63, 3.8) is 0 Å². The van der Waals surface area contributed by atoms with Gasteiger partial charge in [-0.2, -0.15) is 0 Å². The van der Waals surface area contributed by atoms with Gasteiger partial charge in [-0.1, -0.05) is 48.6 Å². The Morgan fingerprint density at radius 3 is 2.63 bits per heavy atom. The van der Waals surface area contributed by atoms with E-state index in [-0.39, 0.29) is 6.79 Å². The van der Waals surface area contributed by atoms with Gasteiger partial charge in [0, 0.05) is 0 Å². The van der Waals surface area contributed by atoms with E-state index in [0.717, 1.165) is 22.6 Å². The molecule has 19 heavy (non-hydrogen) atoms. The SMILES string of the molecule is OC(/C=C/c1ccc2c(c1)OCO2)c1ccccc1. The third-order valence-corrected chi connectivity index (χ3v) is 3.01. The first-order chi connectivity index (χ1) is 9.33. The monoisotopic (exact) mass is 254 g/mol. The van der Waals surface area contributed by atoms with E-state index in [9.17, 15) is 5.11 Å². The van der Waals surface area contributed by atoms with Crippen LogP contribution in [0.25, 0.3) is 6.08 Å². The van der Waals surface area contributed by atoms with E-state index in [1.54, 1.807) is 6.08 Å². The van der Waals surface area contributed by atoms with Crippen LogP contribution in [0, 0.1) is 0 Å². The molecule has 1 N–H and O–H groups in total. The van der Waals surface area contributed by atoms with Gasteiger partial charge in [-0.15, -0.1) is 0 Å². The molecule has 3 rings (SSSR count). The molecule has 1 unspecified atom stereocenters. The largest absolute Gasteiger partial charge is 0.454 e. The van der Waals surface area contributed by atoms with E-state index >= 15 is 0 Å². The highest BCUT2D eigenvalue weighted by Gasteiger charge is 2.12. The molecule has 1 atom stereocenters. The zero-order valence-electron chi connectivity index (χ0n) is 10.3. The molecule has 0 aromatic heterocycles. The highest BCUT2D eigenvalue weighted by atomic mass is 16.7. The van der Waals surface area contributed by atoms with Crippen molar-refractivity contribution in [1.82, 2.24) is 0 Å². The topological polar surface area (TPSA) is 38.7 Å². The third-order valence-electron chi connectivity index (χ3n) is 3.01. The molecule has 0 saturated heterocycles. The second kappa shape index (κ2) is 5.16. The van der Waals surface area contributed by atoms with Gasteiger partial charge in [-0.25, -0.2) is 0 Å². The van der Waals surface area contributed by atoms with Crippen LogP contribution in [0.1, 0.15) is 17.2 Å². The molecule has 0 spiro atoms. The Morgan fingerprint density at radius 2 is 1.79 bits per heavy atom. The summed E-state index contributed by atoms with van der Waals surface area (Å²) in [5.74, 6) is 1.51. The van der Waals surface area contributed by atoms with E-state index in [4.69, 9.17) is 9.47 Å². The van der Waals surface area contributed by atoms with Gasteiger partial charge in [-0.05, 0) is 23.3 Å². The van der Waals surface area contributed by atoms with Gasteiger partial charge in [0.1, 0.15) is 0 Å². The van der Waals surface area contributed by atoms with E-state index in [1.807, 2.05) is 54.6 Å². The summed E-state index contributed by atoms with van der Waals surface area (Å²) in [6, 6.07) is 15.2. The molecule has 1 aliphatic rings. The number of aliphatic hydroxyl groups is 1. The first-order valence-electron chi connectivity index (χ1n) is 6.14. The fourth-order valence-corrected chi connectivity index (χ4v) is 1.98. The van der Waals surface area contributed by atoms with Crippen LogP contribution in [0.5, 0.6) is 11.5 Å². The molecule has 3 heteroatoms. The zero-order valence-corrected chi connectivity index (χ0v) is 10.3. The lowest BCUT2D eigenvalue weighted by atomic mass is 10.1. The highest BCUT2D eigenvalue weighted by Crippen LogP contribution is 2.33. The number of hydrogen-bond donors (Lipinski definition) is 1. The maximum atomic E-state index is 10.0. The molecule has 0 aliphatic carbocycles. The van der Waals surface area contributed by atoms with Crippen molar-refractivity contribution in [2.75, 3.05) is 6.79 Å². The van der Waals surface area contributed by atoms with Gasteiger partial charge in [0.25, 0.3) is 0 Å². The molecule has 2 aromatic rings. The molecule has 1 aliphatic heterocycles. The summed E-state index contributed by atoms with van der Waals surface area (Å²) < 4.78 is 10.6. The molecular weight excluding hydrogens is 240 g/mol. The van der Waals surface area contributed by atoms with Crippen LogP contribution in [0.3, 0.4) is 0 Å². The van der Waals surface area contributed by atoms with Gasteiger partial charge >= 0.3 is 0 Å². The average Bonchev–Trinajstić information content (AvgIpc) is 2.93. The predicted molar refractivity (Wildman–Crippen MR) is 73.0 cm³/mol. The van der Waals surface area contributed by atoms with Crippen LogP contribution in [0.2, 0.25) is 0 Å². The van der Waals surface area contributed by atoms with Gasteiger partial charge in [0.05, 0.1) is 6.10 Å². The summed E-state index contributed by atoms with van der Waals surface area (Å²) in [4.78, 5) is 0. The van der Waals surface area contributed by atoms with E-state index in [1.165, 1.54) is 0 Å². The maximum absolute atomic E-state index is 10.0. The smallest absolute Gasteiger partial charge is 0.231 e. The third kappa shape index (κ3) is 2.61. The van der Waals surface area contributed by atoms with Crippen molar-refractivity contribution < 1.29 is 14.6 Å². The molecule has 0 fully saturated rings. The number of ether oxygens (including phenoxy) is 2. The Bertz CT molecular complexity index is 590. The van der Waals surface area contributed by atoms with E-state index < -0.39 is 6.10 Å². The summed E-state index contributed by atoms with van der Waals surface area (Å²) in [5, 5.41) is 10.0. The quantitative estimate of drug-likeness (QED) is 0.914. The van der Waals surface area contributed by atoms with Gasteiger partial charge < -0.3 is 14.6 Å². The van der Waals surface area contributed by atoms with Crippen LogP contribution >= 0.6 is 0 Å². The summed E-state index contributed by atoms with van der Waals surface area (Å²) in [6.45, 7) is 0.273. The number of benzene rings is 2. The Morgan fingerprint density at radius 1 is 1.00 bits per heavy atom. The summed E-state index contributed by atoms with van der Waals surface area (Å²) >= 11 is 0. The lowest BCUT2D eigenvalue weighted by Crippen LogP contribution is -1.92. The van der Waals surface area contributed by atoms with Crippen LogP contribution in [-0.2, 0) is 0 Å². The lowest BCUT2D eigenvalue weighted by molar-refractivity contribution is 0.174. The molecule has 96 valence electrons. The highest BCUT2D eigenvalue weighted by molar-refractivity contribution is 5.57. The molecule has 0 radical (unpaired) electrons. The van der Waals surface area contributed by atoms with E-state index in [2.05, 4.69) is 0 Å². The molecule has 0 saturated carbocycles. The fourth-order valence-electron chi connectivity index (χ4n) is 1.98. The minimum Gasteiger partial charge on any atom is -0.454 e. The minimum absolute atomic E-state index is 0.273. The zero-order chi connectivity index (χ0) is 13.1. The second-order valence-corrected chi connectivity index (χ2v) is 4.33. The Balaban J connectivity index is 1.76. The normalized spacial score (nSPS) is 14.8. The van der Waals surface area contributed by atoms with Gasteiger partial charge in [0.15, 0.2) is 11.5 Å². The molecular formula is C16H14O3. The number of aliphatic hydroxyl groups excluding tert-OH is 1. The van der Waals surface area contributed by atoms with Crippen molar-refractivity contribution in [2.24, 2.45) is 0 Å². The van der Waals surface area contributed by atoms with Gasteiger partial charge in [-0.3, -0.25) is 0 Å². The average molecular weight is 254 g/mol. The number of hydrogen-bond acceptors (Lipinski definition) is 3. The molecule has 0 amide bonds. The van der Waals surface area contributed by atoms with Crippen LogP contribution in [0.15, 0.2) is 54.6 Å². The minimum atomic E-state index is -0.605. The number of fused-ring (bicyclic) bond motifs is 1. The summed E-state index contributed by atoms with van der Waals surface area (Å²) in [7, 11) is 0. The lowest BCUT2D eigenvalue weighted by Gasteiger charge is -2.05. The Labute approximate surface area is 111 Å². The first kappa shape index (κ1) is 11.8. The summed E-state index contributed by atoms with van der Waals surface area (Å²) in [5.41, 5.74) is 1.85. The standard InChI is InChI=1S/C16H14O3/c17-14(13-4-2-1-3-5-13)8-6-12-7-9-15-16(10-12)19-11-18-15/h1-10,14,17H,11H2/b8-6+. The van der Waals surface area contributed by atoms with Gasteiger partial charge in [0.2, 0.25) is 6.79 Å². The molecule has 2 aromatic carbocycles. The van der Waals surface area contributed by atoms with Crippen molar-refractivity contribution >= 4 is 6.08 Å². The fraction of sp³-hybridized carbons (Fsp3) is 0.125. The summed E-state index contributed by atoms with van der Waals surface area (Å²) in [6.07, 6.45) is 3.03. The van der Waals surface area contributed by atoms with E-state index in [0.29, 0.717) is 0 Å². The Hall–Kier alpha value is -2.26. The van der Waals surface area contributed by atoms with Crippen LogP contribution in [0.4, 0.5) is 0 Å². The van der Waals surface area contributed by atoms with Crippen LogP contribution < -0.4 is 9.47 Å². The molecule has 3 nitrogen and oxygen atoms in total. The van der Waals surface area contributed by atoms with Crippen molar-refractivity contribution in [3.05, 3.63) is 65.7 Å². The van der Waals surface area contributed by atoms with Crippen molar-refractivity contribution in [3.8, 4) is 11.5 Å². The molecule has 0 bridgehead atoms.